The first-order valence-electron chi connectivity index (χ1n) is 9.16. The number of rotatable bonds is 6. The summed E-state index contributed by atoms with van der Waals surface area (Å²) < 4.78 is 2.11. The molecule has 0 aliphatic heterocycles. The lowest BCUT2D eigenvalue weighted by molar-refractivity contribution is -0.122. The summed E-state index contributed by atoms with van der Waals surface area (Å²) in [5.41, 5.74) is 3.43. The number of carbonyl (C=O) groups excluding carboxylic acids is 1. The van der Waals surface area contributed by atoms with Crippen LogP contribution in [0, 0.1) is 5.92 Å². The summed E-state index contributed by atoms with van der Waals surface area (Å²) in [5, 5.41) is 3.16. The standard InChI is InChI=1S/C22H23N3O/c26-22(24-21-12-18(13-21)15-25-11-10-23-16-25)14-17-6-8-20(9-7-17)19-4-2-1-3-5-19/h1-11,16,18,21H,12-15H2,(H,24,26). The monoisotopic (exact) mass is 345 g/mol. The van der Waals surface area contributed by atoms with E-state index in [1.165, 1.54) is 11.1 Å². The third-order valence-corrected chi connectivity index (χ3v) is 5.05. The molecule has 0 spiro atoms. The summed E-state index contributed by atoms with van der Waals surface area (Å²) in [5.74, 6) is 0.753. The number of hydrogen-bond donors (Lipinski definition) is 1. The van der Waals surface area contributed by atoms with Gasteiger partial charge < -0.3 is 9.88 Å². The molecule has 4 heteroatoms. The molecule has 1 aromatic heterocycles. The minimum Gasteiger partial charge on any atom is -0.353 e. The lowest BCUT2D eigenvalue weighted by Crippen LogP contribution is -2.45. The number of nitrogens with one attached hydrogen (secondary N) is 1. The molecule has 1 fully saturated rings. The van der Waals surface area contributed by atoms with E-state index in [-0.39, 0.29) is 5.91 Å². The topological polar surface area (TPSA) is 46.9 Å². The molecule has 1 aliphatic rings. The fourth-order valence-corrected chi connectivity index (χ4v) is 3.61. The normalized spacial score (nSPS) is 18.9. The van der Waals surface area contributed by atoms with Gasteiger partial charge in [0.25, 0.3) is 0 Å². The van der Waals surface area contributed by atoms with Crippen LogP contribution in [0.5, 0.6) is 0 Å². The summed E-state index contributed by atoms with van der Waals surface area (Å²) in [6, 6.07) is 18.9. The van der Waals surface area contributed by atoms with Crippen LogP contribution in [-0.2, 0) is 17.8 Å². The molecule has 0 saturated heterocycles. The lowest BCUT2D eigenvalue weighted by atomic mass is 9.80. The minimum absolute atomic E-state index is 0.114. The molecule has 0 unspecified atom stereocenters. The molecule has 0 radical (unpaired) electrons. The Labute approximate surface area is 153 Å². The van der Waals surface area contributed by atoms with Gasteiger partial charge in [-0.05, 0) is 35.4 Å². The number of aromatic nitrogens is 2. The fourth-order valence-electron chi connectivity index (χ4n) is 3.61. The Morgan fingerprint density at radius 2 is 1.77 bits per heavy atom. The zero-order valence-electron chi connectivity index (χ0n) is 14.7. The summed E-state index contributed by atoms with van der Waals surface area (Å²) in [6.45, 7) is 0.993. The number of amides is 1. The molecule has 4 rings (SSSR count). The van der Waals surface area contributed by atoms with Crippen molar-refractivity contribution in [1.82, 2.24) is 14.9 Å². The van der Waals surface area contributed by atoms with Crippen molar-refractivity contribution in [1.29, 1.82) is 0 Å². The molecule has 132 valence electrons. The molecule has 0 bridgehead atoms. The fraction of sp³-hybridized carbons (Fsp3) is 0.273. The van der Waals surface area contributed by atoms with Crippen LogP contribution in [-0.4, -0.2) is 21.5 Å². The molecule has 4 nitrogen and oxygen atoms in total. The summed E-state index contributed by atoms with van der Waals surface area (Å²) in [6.07, 6.45) is 8.20. The van der Waals surface area contributed by atoms with Gasteiger partial charge in [0.2, 0.25) is 5.91 Å². The summed E-state index contributed by atoms with van der Waals surface area (Å²) >= 11 is 0. The highest BCUT2D eigenvalue weighted by atomic mass is 16.1. The van der Waals surface area contributed by atoms with Crippen LogP contribution < -0.4 is 5.32 Å². The van der Waals surface area contributed by atoms with Crippen molar-refractivity contribution < 1.29 is 4.79 Å². The molecular weight excluding hydrogens is 322 g/mol. The van der Waals surface area contributed by atoms with Crippen molar-refractivity contribution in [2.45, 2.75) is 31.8 Å². The van der Waals surface area contributed by atoms with Gasteiger partial charge in [0.1, 0.15) is 0 Å². The van der Waals surface area contributed by atoms with E-state index in [2.05, 4.69) is 39.1 Å². The predicted molar refractivity (Wildman–Crippen MR) is 102 cm³/mol. The first-order valence-corrected chi connectivity index (χ1v) is 9.16. The molecular formula is C22H23N3O. The Morgan fingerprint density at radius 3 is 2.46 bits per heavy atom. The number of carbonyl (C=O) groups is 1. The highest BCUT2D eigenvalue weighted by molar-refractivity contribution is 5.79. The Hall–Kier alpha value is -2.88. The van der Waals surface area contributed by atoms with Crippen LogP contribution in [0.3, 0.4) is 0 Å². The van der Waals surface area contributed by atoms with Crippen LogP contribution >= 0.6 is 0 Å². The van der Waals surface area contributed by atoms with Crippen LogP contribution in [0.4, 0.5) is 0 Å². The number of nitrogens with zero attached hydrogens (tertiary/aromatic N) is 2. The van der Waals surface area contributed by atoms with Gasteiger partial charge in [0.05, 0.1) is 12.7 Å². The molecule has 1 saturated carbocycles. The maximum atomic E-state index is 12.3. The molecule has 1 amide bonds. The number of benzene rings is 2. The SMILES string of the molecule is O=C(Cc1ccc(-c2ccccc2)cc1)NC1CC(Cn2ccnc2)C1. The zero-order valence-corrected chi connectivity index (χ0v) is 14.7. The first-order chi connectivity index (χ1) is 12.8. The second-order valence-corrected chi connectivity index (χ2v) is 7.10. The average molecular weight is 345 g/mol. The second kappa shape index (κ2) is 7.56. The Morgan fingerprint density at radius 1 is 1.04 bits per heavy atom. The molecule has 1 aliphatic carbocycles. The smallest absolute Gasteiger partial charge is 0.224 e. The van der Waals surface area contributed by atoms with E-state index in [1.807, 2.05) is 42.9 Å². The van der Waals surface area contributed by atoms with Gasteiger partial charge in [-0.1, -0.05) is 54.6 Å². The molecule has 3 aromatic rings. The van der Waals surface area contributed by atoms with Crippen molar-refractivity contribution in [2.24, 2.45) is 5.92 Å². The third-order valence-electron chi connectivity index (χ3n) is 5.05. The highest BCUT2D eigenvalue weighted by Crippen LogP contribution is 2.29. The lowest BCUT2D eigenvalue weighted by Gasteiger charge is -2.36. The predicted octanol–water partition coefficient (Wildman–Crippen LogP) is 3.69. The van der Waals surface area contributed by atoms with Crippen molar-refractivity contribution in [3.8, 4) is 11.1 Å². The van der Waals surface area contributed by atoms with Crippen molar-refractivity contribution in [3.63, 3.8) is 0 Å². The zero-order chi connectivity index (χ0) is 17.8. The van der Waals surface area contributed by atoms with Gasteiger partial charge >= 0.3 is 0 Å². The third kappa shape index (κ3) is 4.02. The minimum atomic E-state index is 0.114. The van der Waals surface area contributed by atoms with Crippen molar-refractivity contribution >= 4 is 5.91 Å². The van der Waals surface area contributed by atoms with E-state index in [4.69, 9.17) is 0 Å². The van der Waals surface area contributed by atoms with E-state index in [0.717, 1.165) is 24.9 Å². The Balaban J connectivity index is 1.24. The molecule has 1 heterocycles. The van der Waals surface area contributed by atoms with Crippen LogP contribution in [0.1, 0.15) is 18.4 Å². The number of hydrogen-bond acceptors (Lipinski definition) is 2. The molecule has 2 aromatic carbocycles. The number of imidazole rings is 1. The van der Waals surface area contributed by atoms with Gasteiger partial charge in [-0.25, -0.2) is 4.98 Å². The second-order valence-electron chi connectivity index (χ2n) is 7.10. The molecule has 0 atom stereocenters. The first kappa shape index (κ1) is 16.6. The largest absolute Gasteiger partial charge is 0.353 e. The summed E-state index contributed by atoms with van der Waals surface area (Å²) in [7, 11) is 0. The Bertz CT molecular complexity index is 835. The average Bonchev–Trinajstić information content (AvgIpc) is 3.14. The molecule has 26 heavy (non-hydrogen) atoms. The quantitative estimate of drug-likeness (QED) is 0.741. The maximum absolute atomic E-state index is 12.3. The highest BCUT2D eigenvalue weighted by Gasteiger charge is 2.30. The summed E-state index contributed by atoms with van der Waals surface area (Å²) in [4.78, 5) is 16.3. The van der Waals surface area contributed by atoms with E-state index < -0.39 is 0 Å². The molecule has 1 N–H and O–H groups in total. The van der Waals surface area contributed by atoms with Crippen LogP contribution in [0.15, 0.2) is 73.3 Å². The van der Waals surface area contributed by atoms with Crippen LogP contribution in [0.25, 0.3) is 11.1 Å². The van der Waals surface area contributed by atoms with Gasteiger partial charge in [-0.15, -0.1) is 0 Å². The van der Waals surface area contributed by atoms with Crippen LogP contribution in [0.2, 0.25) is 0 Å². The van der Waals surface area contributed by atoms with E-state index >= 15 is 0 Å². The van der Waals surface area contributed by atoms with Gasteiger partial charge in [0, 0.05) is 25.0 Å². The van der Waals surface area contributed by atoms with Crippen molar-refractivity contribution in [3.05, 3.63) is 78.9 Å². The van der Waals surface area contributed by atoms with E-state index in [9.17, 15) is 4.79 Å². The Kier molecular flexibility index (Phi) is 4.82. The van der Waals surface area contributed by atoms with E-state index in [0.29, 0.717) is 18.4 Å². The van der Waals surface area contributed by atoms with Crippen molar-refractivity contribution in [2.75, 3.05) is 0 Å². The van der Waals surface area contributed by atoms with Gasteiger partial charge in [-0.2, -0.15) is 0 Å². The maximum Gasteiger partial charge on any atom is 0.224 e. The van der Waals surface area contributed by atoms with Gasteiger partial charge in [0.15, 0.2) is 0 Å². The van der Waals surface area contributed by atoms with Gasteiger partial charge in [-0.3, -0.25) is 4.79 Å². The van der Waals surface area contributed by atoms with E-state index in [1.54, 1.807) is 6.20 Å².